The summed E-state index contributed by atoms with van der Waals surface area (Å²) in [6.45, 7) is 2.63. The van der Waals surface area contributed by atoms with Gasteiger partial charge in [-0.1, -0.05) is 12.1 Å². The van der Waals surface area contributed by atoms with Crippen LogP contribution in [0.4, 0.5) is 11.4 Å². The van der Waals surface area contributed by atoms with Gasteiger partial charge in [0.15, 0.2) is 5.75 Å². The second kappa shape index (κ2) is 7.04. The average Bonchev–Trinajstić information content (AvgIpc) is 2.57. The number of nitrogens with zero attached hydrogens (tertiary/aromatic N) is 1. The van der Waals surface area contributed by atoms with Crippen molar-refractivity contribution < 1.29 is 19.1 Å². The van der Waals surface area contributed by atoms with Gasteiger partial charge in [0, 0.05) is 5.69 Å². The predicted octanol–water partition coefficient (Wildman–Crippen LogP) is 2.45. The number of para-hydroxylation sites is 2. The van der Waals surface area contributed by atoms with Crippen LogP contribution < -0.4 is 19.7 Å². The van der Waals surface area contributed by atoms with Gasteiger partial charge in [-0.15, -0.1) is 0 Å². The highest BCUT2D eigenvalue weighted by Gasteiger charge is 2.25. The minimum absolute atomic E-state index is 0.0493. The third kappa shape index (κ3) is 3.65. The Morgan fingerprint density at radius 2 is 1.96 bits per heavy atom. The number of carbonyl (C=O) groups excluding carboxylic acids is 2. The summed E-state index contributed by atoms with van der Waals surface area (Å²) in [4.78, 5) is 25.6. The average molecular weight is 326 g/mol. The van der Waals surface area contributed by atoms with Crippen LogP contribution in [0.1, 0.15) is 6.92 Å². The van der Waals surface area contributed by atoms with E-state index in [0.717, 1.165) is 11.4 Å². The summed E-state index contributed by atoms with van der Waals surface area (Å²) < 4.78 is 10.5. The molecule has 6 nitrogen and oxygen atoms in total. The number of anilines is 2. The van der Waals surface area contributed by atoms with Gasteiger partial charge >= 0.3 is 5.97 Å². The fourth-order valence-corrected chi connectivity index (χ4v) is 2.52. The molecular formula is C18H18N2O4. The zero-order valence-electron chi connectivity index (χ0n) is 13.3. The van der Waals surface area contributed by atoms with Crippen LogP contribution in [0.15, 0.2) is 48.5 Å². The summed E-state index contributed by atoms with van der Waals surface area (Å²) in [5, 5.41) is 2.82. The van der Waals surface area contributed by atoms with Crippen LogP contribution in [0.3, 0.4) is 0 Å². The number of carbonyl (C=O) groups is 2. The zero-order valence-corrected chi connectivity index (χ0v) is 13.3. The van der Waals surface area contributed by atoms with Crippen molar-refractivity contribution in [3.63, 3.8) is 0 Å². The topological polar surface area (TPSA) is 67.9 Å². The first-order chi connectivity index (χ1) is 11.7. The van der Waals surface area contributed by atoms with E-state index < -0.39 is 0 Å². The van der Waals surface area contributed by atoms with E-state index in [0.29, 0.717) is 18.0 Å². The molecule has 0 radical (unpaired) electrons. The molecule has 0 atom stereocenters. The molecule has 0 aromatic heterocycles. The Morgan fingerprint density at radius 3 is 2.71 bits per heavy atom. The molecule has 1 amide bonds. The molecule has 124 valence electrons. The van der Waals surface area contributed by atoms with Gasteiger partial charge in [-0.2, -0.15) is 0 Å². The van der Waals surface area contributed by atoms with Gasteiger partial charge in [0.2, 0.25) is 5.91 Å². The maximum Gasteiger partial charge on any atom is 0.331 e. The van der Waals surface area contributed by atoms with E-state index >= 15 is 0 Å². The molecule has 0 saturated carbocycles. The maximum atomic E-state index is 12.3. The second-order valence-corrected chi connectivity index (χ2v) is 5.30. The molecule has 1 N–H and O–H groups in total. The molecule has 0 unspecified atom stereocenters. The fourth-order valence-electron chi connectivity index (χ4n) is 2.52. The van der Waals surface area contributed by atoms with Crippen LogP contribution in [0.25, 0.3) is 0 Å². The summed E-state index contributed by atoms with van der Waals surface area (Å²) in [5.41, 5.74) is 1.41. The Labute approximate surface area is 140 Å². The Morgan fingerprint density at radius 1 is 1.21 bits per heavy atom. The van der Waals surface area contributed by atoms with Gasteiger partial charge in [-0.25, -0.2) is 4.79 Å². The zero-order chi connectivity index (χ0) is 16.9. The number of benzene rings is 2. The van der Waals surface area contributed by atoms with Crippen LogP contribution in [-0.2, 0) is 9.59 Å². The van der Waals surface area contributed by atoms with E-state index in [1.165, 1.54) is 0 Å². The Balaban J connectivity index is 1.65. The monoisotopic (exact) mass is 326 g/mol. The highest BCUT2D eigenvalue weighted by Crippen LogP contribution is 2.31. The van der Waals surface area contributed by atoms with Crippen LogP contribution in [0, 0.1) is 0 Å². The lowest BCUT2D eigenvalue weighted by Gasteiger charge is -2.29. The minimum atomic E-state index is -0.373. The number of amides is 1. The third-order valence-electron chi connectivity index (χ3n) is 3.53. The summed E-state index contributed by atoms with van der Waals surface area (Å²) >= 11 is 0. The summed E-state index contributed by atoms with van der Waals surface area (Å²) in [6, 6.07) is 14.3. The molecule has 6 heteroatoms. The van der Waals surface area contributed by atoms with Crippen molar-refractivity contribution >= 4 is 23.3 Å². The molecule has 3 rings (SSSR count). The summed E-state index contributed by atoms with van der Waals surface area (Å²) in [6.07, 6.45) is 0. The first kappa shape index (κ1) is 15.9. The summed E-state index contributed by atoms with van der Waals surface area (Å²) in [5.74, 6) is 0.650. The lowest BCUT2D eigenvalue weighted by molar-refractivity contribution is -0.133. The van der Waals surface area contributed by atoms with Gasteiger partial charge in [0.25, 0.3) is 0 Å². The first-order valence-electron chi connectivity index (χ1n) is 7.73. The standard InChI is InChI=1S/C18H18N2O4/c1-2-23-14-9-7-13(8-10-14)19-17(21)11-20-12-18(22)24-16-6-4-3-5-15(16)20/h3-10H,2,11-12H2,1H3,(H,19,21). The number of ether oxygens (including phenoxy) is 2. The van der Waals surface area contributed by atoms with Crippen molar-refractivity contribution in [3.05, 3.63) is 48.5 Å². The SMILES string of the molecule is CCOc1ccc(NC(=O)CN2CC(=O)Oc3ccccc32)cc1. The smallest absolute Gasteiger partial charge is 0.331 e. The van der Waals surface area contributed by atoms with E-state index in [-0.39, 0.29) is 25.0 Å². The molecule has 24 heavy (non-hydrogen) atoms. The van der Waals surface area contributed by atoms with Gasteiger partial charge < -0.3 is 19.7 Å². The molecule has 0 aliphatic carbocycles. The molecular weight excluding hydrogens is 308 g/mol. The molecule has 0 saturated heterocycles. The quantitative estimate of drug-likeness (QED) is 0.675. The number of hydrogen-bond donors (Lipinski definition) is 1. The number of hydrogen-bond acceptors (Lipinski definition) is 5. The van der Waals surface area contributed by atoms with Gasteiger partial charge in [-0.3, -0.25) is 4.79 Å². The highest BCUT2D eigenvalue weighted by atomic mass is 16.5. The van der Waals surface area contributed by atoms with Crippen LogP contribution in [0.5, 0.6) is 11.5 Å². The van der Waals surface area contributed by atoms with E-state index in [1.54, 1.807) is 41.3 Å². The fraction of sp³-hybridized carbons (Fsp3) is 0.222. The highest BCUT2D eigenvalue weighted by molar-refractivity contribution is 5.96. The van der Waals surface area contributed by atoms with Crippen molar-refractivity contribution in [2.45, 2.75) is 6.92 Å². The van der Waals surface area contributed by atoms with Crippen molar-refractivity contribution in [2.75, 3.05) is 29.9 Å². The van der Waals surface area contributed by atoms with E-state index in [9.17, 15) is 9.59 Å². The number of esters is 1. The number of rotatable bonds is 5. The van der Waals surface area contributed by atoms with Gasteiger partial charge in [-0.05, 0) is 43.3 Å². The number of fused-ring (bicyclic) bond motifs is 1. The molecule has 1 aliphatic rings. The van der Waals surface area contributed by atoms with Crippen LogP contribution in [-0.4, -0.2) is 31.6 Å². The summed E-state index contributed by atoms with van der Waals surface area (Å²) in [7, 11) is 0. The Kier molecular flexibility index (Phi) is 4.65. The second-order valence-electron chi connectivity index (χ2n) is 5.30. The van der Waals surface area contributed by atoms with E-state index in [4.69, 9.17) is 9.47 Å². The van der Waals surface area contributed by atoms with E-state index in [1.807, 2.05) is 19.1 Å². The lowest BCUT2D eigenvalue weighted by Crippen LogP contribution is -2.41. The van der Waals surface area contributed by atoms with Crippen molar-refractivity contribution in [1.82, 2.24) is 0 Å². The normalized spacial score (nSPS) is 13.0. The largest absolute Gasteiger partial charge is 0.494 e. The van der Waals surface area contributed by atoms with Crippen LogP contribution in [0.2, 0.25) is 0 Å². The Hall–Kier alpha value is -3.02. The van der Waals surface area contributed by atoms with Crippen molar-refractivity contribution in [2.24, 2.45) is 0 Å². The lowest BCUT2D eigenvalue weighted by atomic mass is 10.2. The van der Waals surface area contributed by atoms with Crippen LogP contribution >= 0.6 is 0 Å². The maximum absolute atomic E-state index is 12.3. The molecule has 2 aromatic rings. The Bertz CT molecular complexity index is 743. The first-order valence-corrected chi connectivity index (χ1v) is 7.73. The van der Waals surface area contributed by atoms with Gasteiger partial charge in [0.05, 0.1) is 18.8 Å². The molecule has 1 heterocycles. The minimum Gasteiger partial charge on any atom is -0.494 e. The third-order valence-corrected chi connectivity index (χ3v) is 3.53. The molecule has 2 aromatic carbocycles. The van der Waals surface area contributed by atoms with E-state index in [2.05, 4.69) is 5.32 Å². The van der Waals surface area contributed by atoms with Crippen molar-refractivity contribution in [3.8, 4) is 11.5 Å². The van der Waals surface area contributed by atoms with Gasteiger partial charge in [0.1, 0.15) is 12.3 Å². The molecule has 1 aliphatic heterocycles. The van der Waals surface area contributed by atoms with Crippen molar-refractivity contribution in [1.29, 1.82) is 0 Å². The molecule has 0 bridgehead atoms. The number of nitrogens with one attached hydrogen (secondary N) is 1. The predicted molar refractivity (Wildman–Crippen MR) is 90.5 cm³/mol. The molecule has 0 spiro atoms. The molecule has 0 fully saturated rings.